The Bertz CT molecular complexity index is 351. The molecule has 0 saturated carbocycles. The maximum Gasteiger partial charge on any atom is 0.126 e. The van der Waals surface area contributed by atoms with Gasteiger partial charge in [-0.25, -0.2) is 4.39 Å². The van der Waals surface area contributed by atoms with Crippen molar-refractivity contribution in [1.29, 1.82) is 0 Å². The molecule has 0 radical (unpaired) electrons. The molecule has 88 valence electrons. The van der Waals surface area contributed by atoms with Gasteiger partial charge < -0.3 is 14.8 Å². The monoisotopic (exact) mass is 225 g/mol. The Kier molecular flexibility index (Phi) is 3.41. The Hall–Kier alpha value is -1.13. The number of nitrogens with one attached hydrogen (secondary N) is 1. The molecule has 1 aromatic carbocycles. The van der Waals surface area contributed by atoms with Gasteiger partial charge in [0.2, 0.25) is 0 Å². The molecule has 1 fully saturated rings. The second kappa shape index (κ2) is 4.80. The fraction of sp³-hybridized carbons (Fsp3) is 0.500. The van der Waals surface area contributed by atoms with Crippen molar-refractivity contribution in [2.24, 2.45) is 0 Å². The van der Waals surface area contributed by atoms with E-state index >= 15 is 0 Å². The maximum absolute atomic E-state index is 12.9. The minimum absolute atomic E-state index is 0.272. The number of methoxy groups -OCH3 is 1. The number of hydrogen-bond acceptors (Lipinski definition) is 3. The van der Waals surface area contributed by atoms with Gasteiger partial charge in [0.25, 0.3) is 0 Å². The van der Waals surface area contributed by atoms with Gasteiger partial charge in [-0.05, 0) is 25.1 Å². The molecule has 1 N–H and O–H groups in total. The van der Waals surface area contributed by atoms with Crippen molar-refractivity contribution in [1.82, 2.24) is 5.32 Å². The lowest BCUT2D eigenvalue weighted by molar-refractivity contribution is -0.0282. The maximum atomic E-state index is 12.9. The van der Waals surface area contributed by atoms with E-state index in [2.05, 4.69) is 5.32 Å². The molecule has 16 heavy (non-hydrogen) atoms. The van der Waals surface area contributed by atoms with Crippen molar-refractivity contribution >= 4 is 0 Å². The molecule has 0 spiro atoms. The van der Waals surface area contributed by atoms with Gasteiger partial charge in [0.15, 0.2) is 0 Å². The molecule has 1 saturated heterocycles. The molecule has 0 amide bonds. The first-order valence-electron chi connectivity index (χ1n) is 5.38. The summed E-state index contributed by atoms with van der Waals surface area (Å²) in [5.41, 5.74) is -0.272. The van der Waals surface area contributed by atoms with E-state index in [1.54, 1.807) is 19.2 Å². The topological polar surface area (TPSA) is 30.5 Å². The zero-order valence-electron chi connectivity index (χ0n) is 9.33. The van der Waals surface area contributed by atoms with Crippen LogP contribution in [0.5, 0.6) is 5.75 Å². The van der Waals surface area contributed by atoms with Gasteiger partial charge in [0.05, 0.1) is 0 Å². The first-order chi connectivity index (χ1) is 7.74. The van der Waals surface area contributed by atoms with E-state index in [1.807, 2.05) is 0 Å². The molecule has 0 aliphatic carbocycles. The lowest BCUT2D eigenvalue weighted by atomic mass is 10.1. The number of halogens is 1. The highest BCUT2D eigenvalue weighted by atomic mass is 19.1. The van der Waals surface area contributed by atoms with Gasteiger partial charge in [-0.15, -0.1) is 0 Å². The third-order valence-electron chi connectivity index (χ3n) is 2.94. The van der Waals surface area contributed by atoms with Crippen LogP contribution in [0.25, 0.3) is 0 Å². The van der Waals surface area contributed by atoms with Crippen LogP contribution in [0, 0.1) is 5.82 Å². The van der Waals surface area contributed by atoms with Gasteiger partial charge in [0, 0.05) is 19.7 Å². The van der Waals surface area contributed by atoms with E-state index in [1.165, 1.54) is 12.1 Å². The molecular formula is C12H16FNO2. The molecule has 1 aromatic rings. The molecule has 0 bridgehead atoms. The van der Waals surface area contributed by atoms with E-state index in [4.69, 9.17) is 9.47 Å². The summed E-state index contributed by atoms with van der Waals surface area (Å²) in [6, 6.07) is 6.16. The largest absolute Gasteiger partial charge is 0.490 e. The van der Waals surface area contributed by atoms with Crippen molar-refractivity contribution in [3.05, 3.63) is 30.1 Å². The molecule has 2 rings (SSSR count). The van der Waals surface area contributed by atoms with E-state index in [0.29, 0.717) is 12.4 Å². The lowest BCUT2D eigenvalue weighted by Crippen LogP contribution is -2.40. The van der Waals surface area contributed by atoms with Crippen molar-refractivity contribution in [2.45, 2.75) is 12.0 Å². The number of benzene rings is 1. The third kappa shape index (κ3) is 2.51. The first-order valence-corrected chi connectivity index (χ1v) is 5.38. The molecule has 1 aliphatic heterocycles. The summed E-state index contributed by atoms with van der Waals surface area (Å²) >= 11 is 0. The molecule has 4 heteroatoms. The minimum atomic E-state index is -0.284. The fourth-order valence-corrected chi connectivity index (χ4v) is 1.85. The molecule has 1 unspecified atom stereocenters. The number of hydrogen-bond donors (Lipinski definition) is 1. The summed E-state index contributed by atoms with van der Waals surface area (Å²) in [5.74, 6) is 0.261. The number of ether oxygens (including phenoxy) is 2. The quantitative estimate of drug-likeness (QED) is 0.844. The second-order valence-corrected chi connectivity index (χ2v) is 4.06. The van der Waals surface area contributed by atoms with E-state index < -0.39 is 0 Å². The Morgan fingerprint density at radius 1 is 1.50 bits per heavy atom. The number of rotatable bonds is 4. The fourth-order valence-electron chi connectivity index (χ4n) is 1.85. The van der Waals surface area contributed by atoms with Crippen LogP contribution in [0.15, 0.2) is 24.3 Å². The molecule has 3 nitrogen and oxygen atoms in total. The van der Waals surface area contributed by atoms with E-state index in [-0.39, 0.29) is 11.4 Å². The van der Waals surface area contributed by atoms with E-state index in [0.717, 1.165) is 19.5 Å². The van der Waals surface area contributed by atoms with Crippen LogP contribution in [-0.4, -0.2) is 32.4 Å². The Morgan fingerprint density at radius 2 is 2.38 bits per heavy atom. The molecule has 0 aromatic heterocycles. The molecular weight excluding hydrogens is 209 g/mol. The predicted molar refractivity (Wildman–Crippen MR) is 59.1 cm³/mol. The van der Waals surface area contributed by atoms with Crippen LogP contribution in [0.4, 0.5) is 4.39 Å². The third-order valence-corrected chi connectivity index (χ3v) is 2.94. The van der Waals surface area contributed by atoms with Gasteiger partial charge in [-0.1, -0.05) is 6.07 Å². The van der Waals surface area contributed by atoms with Crippen LogP contribution in [0.1, 0.15) is 6.42 Å². The summed E-state index contributed by atoms with van der Waals surface area (Å²) in [6.07, 6.45) is 0.915. The highest BCUT2D eigenvalue weighted by Gasteiger charge is 2.34. The van der Waals surface area contributed by atoms with Crippen molar-refractivity contribution in [2.75, 3.05) is 26.8 Å². The molecule has 1 atom stereocenters. The minimum Gasteiger partial charge on any atom is -0.490 e. The van der Waals surface area contributed by atoms with Crippen LogP contribution in [0.2, 0.25) is 0 Å². The summed E-state index contributed by atoms with van der Waals surface area (Å²) in [7, 11) is 1.68. The Morgan fingerprint density at radius 3 is 3.00 bits per heavy atom. The summed E-state index contributed by atoms with van der Waals surface area (Å²) in [4.78, 5) is 0. The lowest BCUT2D eigenvalue weighted by Gasteiger charge is -2.26. The van der Waals surface area contributed by atoms with Crippen LogP contribution in [0.3, 0.4) is 0 Å². The predicted octanol–water partition coefficient (Wildman–Crippen LogP) is 1.58. The summed E-state index contributed by atoms with van der Waals surface area (Å²) in [6.45, 7) is 2.15. The van der Waals surface area contributed by atoms with Gasteiger partial charge in [-0.2, -0.15) is 0 Å². The zero-order valence-corrected chi connectivity index (χ0v) is 9.33. The Labute approximate surface area is 94.6 Å². The smallest absolute Gasteiger partial charge is 0.126 e. The normalized spacial score (nSPS) is 24.6. The van der Waals surface area contributed by atoms with Gasteiger partial charge >= 0.3 is 0 Å². The second-order valence-electron chi connectivity index (χ2n) is 4.06. The van der Waals surface area contributed by atoms with Crippen LogP contribution in [-0.2, 0) is 4.74 Å². The zero-order chi connectivity index (χ0) is 11.4. The first kappa shape index (κ1) is 11.4. The SMILES string of the molecule is COC1(COc2cccc(F)c2)CCNC1. The van der Waals surface area contributed by atoms with Gasteiger partial charge in [0.1, 0.15) is 23.8 Å². The average molecular weight is 225 g/mol. The summed E-state index contributed by atoms with van der Waals surface area (Å²) in [5, 5.41) is 3.23. The van der Waals surface area contributed by atoms with Crippen LogP contribution < -0.4 is 10.1 Å². The highest BCUT2D eigenvalue weighted by Crippen LogP contribution is 2.21. The van der Waals surface area contributed by atoms with Crippen molar-refractivity contribution < 1.29 is 13.9 Å². The van der Waals surface area contributed by atoms with Crippen molar-refractivity contribution in [3.63, 3.8) is 0 Å². The molecule has 1 aliphatic rings. The standard InChI is InChI=1S/C12H16FNO2/c1-15-12(5-6-14-8-12)9-16-11-4-2-3-10(13)7-11/h2-4,7,14H,5-6,8-9H2,1H3. The van der Waals surface area contributed by atoms with Crippen molar-refractivity contribution in [3.8, 4) is 5.75 Å². The molecule has 1 heterocycles. The van der Waals surface area contributed by atoms with Gasteiger partial charge in [-0.3, -0.25) is 0 Å². The van der Waals surface area contributed by atoms with E-state index in [9.17, 15) is 4.39 Å². The average Bonchev–Trinajstić information content (AvgIpc) is 2.76. The van der Waals surface area contributed by atoms with Crippen LogP contribution >= 0.6 is 0 Å². The highest BCUT2D eigenvalue weighted by molar-refractivity contribution is 5.22. The summed E-state index contributed by atoms with van der Waals surface area (Å²) < 4.78 is 24.0. The Balaban J connectivity index is 1.95.